The van der Waals surface area contributed by atoms with Gasteiger partial charge in [0.25, 0.3) is 5.91 Å². The molecule has 0 radical (unpaired) electrons. The summed E-state index contributed by atoms with van der Waals surface area (Å²) in [5.41, 5.74) is 3.34. The van der Waals surface area contributed by atoms with Crippen molar-refractivity contribution < 1.29 is 9.90 Å². The standard InChI is InChI=1S/C13H11N3O2/c17-12-6-3-4-10(8-12)13(18)16-15-9-11-5-1-2-7-14-11/h1-9,17H,(H,16,18)/b15-9+. The Morgan fingerprint density at radius 1 is 1.28 bits per heavy atom. The van der Waals surface area contributed by atoms with Gasteiger partial charge in [-0.05, 0) is 30.3 Å². The predicted octanol–water partition coefficient (Wildman–Crippen LogP) is 1.55. The lowest BCUT2D eigenvalue weighted by atomic mass is 10.2. The molecular formula is C13H11N3O2. The summed E-state index contributed by atoms with van der Waals surface area (Å²) >= 11 is 0. The van der Waals surface area contributed by atoms with E-state index in [1.54, 1.807) is 30.5 Å². The number of nitrogens with zero attached hydrogens (tertiary/aromatic N) is 2. The number of aromatic hydroxyl groups is 1. The molecule has 0 saturated heterocycles. The zero-order valence-corrected chi connectivity index (χ0v) is 9.45. The van der Waals surface area contributed by atoms with Crippen LogP contribution in [0.15, 0.2) is 53.8 Å². The van der Waals surface area contributed by atoms with Gasteiger partial charge in [-0.1, -0.05) is 12.1 Å². The number of benzene rings is 1. The molecule has 5 heteroatoms. The minimum atomic E-state index is -0.391. The number of hydrogen-bond acceptors (Lipinski definition) is 4. The number of pyridine rings is 1. The summed E-state index contributed by atoms with van der Waals surface area (Å²) in [7, 11) is 0. The van der Waals surface area contributed by atoms with Gasteiger partial charge in [-0.25, -0.2) is 5.43 Å². The van der Waals surface area contributed by atoms with Crippen LogP contribution in [0.3, 0.4) is 0 Å². The molecule has 1 aromatic carbocycles. The Labute approximate surface area is 104 Å². The number of carbonyl (C=O) groups excluding carboxylic acids is 1. The van der Waals surface area contributed by atoms with Crippen LogP contribution in [0.5, 0.6) is 5.75 Å². The molecule has 0 atom stereocenters. The van der Waals surface area contributed by atoms with Gasteiger partial charge < -0.3 is 5.11 Å². The van der Waals surface area contributed by atoms with Gasteiger partial charge in [-0.3, -0.25) is 9.78 Å². The third-order valence-electron chi connectivity index (χ3n) is 2.16. The van der Waals surface area contributed by atoms with E-state index in [0.29, 0.717) is 11.3 Å². The molecule has 2 N–H and O–H groups in total. The third-order valence-corrected chi connectivity index (χ3v) is 2.16. The molecule has 0 bridgehead atoms. The van der Waals surface area contributed by atoms with E-state index in [9.17, 15) is 9.90 Å². The van der Waals surface area contributed by atoms with E-state index in [1.165, 1.54) is 18.3 Å². The Morgan fingerprint density at radius 2 is 2.17 bits per heavy atom. The van der Waals surface area contributed by atoms with Gasteiger partial charge in [0.1, 0.15) is 5.75 Å². The first-order chi connectivity index (χ1) is 8.75. The van der Waals surface area contributed by atoms with Gasteiger partial charge in [-0.15, -0.1) is 0 Å². The molecule has 0 unspecified atom stereocenters. The maximum atomic E-state index is 11.6. The molecule has 1 amide bonds. The van der Waals surface area contributed by atoms with E-state index in [-0.39, 0.29) is 5.75 Å². The van der Waals surface area contributed by atoms with Crippen LogP contribution in [0.25, 0.3) is 0 Å². The molecule has 0 spiro atoms. The molecule has 18 heavy (non-hydrogen) atoms. The van der Waals surface area contributed by atoms with Crippen molar-refractivity contribution in [3.05, 3.63) is 59.9 Å². The topological polar surface area (TPSA) is 74.6 Å². The highest BCUT2D eigenvalue weighted by Gasteiger charge is 2.03. The Bertz CT molecular complexity index is 567. The first-order valence-corrected chi connectivity index (χ1v) is 5.29. The number of phenols is 1. The zero-order valence-electron chi connectivity index (χ0n) is 9.45. The van der Waals surface area contributed by atoms with Crippen LogP contribution in [-0.4, -0.2) is 22.2 Å². The highest BCUT2D eigenvalue weighted by molar-refractivity contribution is 5.95. The van der Waals surface area contributed by atoms with E-state index >= 15 is 0 Å². The van der Waals surface area contributed by atoms with Crippen LogP contribution in [0.1, 0.15) is 16.1 Å². The lowest BCUT2D eigenvalue weighted by Crippen LogP contribution is -2.17. The van der Waals surface area contributed by atoms with Gasteiger partial charge in [0.05, 0.1) is 11.9 Å². The van der Waals surface area contributed by atoms with Gasteiger partial charge in [0.2, 0.25) is 0 Å². The zero-order chi connectivity index (χ0) is 12.8. The first-order valence-electron chi connectivity index (χ1n) is 5.29. The minimum Gasteiger partial charge on any atom is -0.508 e. The molecule has 5 nitrogen and oxygen atoms in total. The fraction of sp³-hybridized carbons (Fsp3) is 0. The quantitative estimate of drug-likeness (QED) is 0.632. The molecule has 90 valence electrons. The number of aromatic nitrogens is 1. The summed E-state index contributed by atoms with van der Waals surface area (Å²) in [6, 6.07) is 11.4. The van der Waals surface area contributed by atoms with Crippen LogP contribution in [-0.2, 0) is 0 Å². The third kappa shape index (κ3) is 3.15. The number of amides is 1. The monoisotopic (exact) mass is 241 g/mol. The second-order valence-electron chi connectivity index (χ2n) is 3.50. The molecule has 0 aliphatic heterocycles. The highest BCUT2D eigenvalue weighted by atomic mass is 16.3. The van der Waals surface area contributed by atoms with Gasteiger partial charge in [0, 0.05) is 11.8 Å². The normalized spacial score (nSPS) is 10.4. The summed E-state index contributed by atoms with van der Waals surface area (Å²) in [4.78, 5) is 15.7. The average Bonchev–Trinajstić information content (AvgIpc) is 2.40. The number of hydrazone groups is 1. The summed E-state index contributed by atoms with van der Waals surface area (Å²) in [5, 5.41) is 13.0. The Morgan fingerprint density at radius 3 is 2.89 bits per heavy atom. The van der Waals surface area contributed by atoms with Crippen molar-refractivity contribution in [3.63, 3.8) is 0 Å². The van der Waals surface area contributed by atoms with E-state index in [0.717, 1.165) is 0 Å². The van der Waals surface area contributed by atoms with Crippen molar-refractivity contribution in [1.82, 2.24) is 10.4 Å². The van der Waals surface area contributed by atoms with Crippen LogP contribution in [0, 0.1) is 0 Å². The Kier molecular flexibility index (Phi) is 3.66. The molecular weight excluding hydrogens is 230 g/mol. The number of nitrogens with one attached hydrogen (secondary N) is 1. The van der Waals surface area contributed by atoms with Gasteiger partial charge in [-0.2, -0.15) is 5.10 Å². The average molecular weight is 241 g/mol. The lowest BCUT2D eigenvalue weighted by Gasteiger charge is -1.99. The molecule has 0 fully saturated rings. The van der Waals surface area contributed by atoms with Crippen molar-refractivity contribution in [3.8, 4) is 5.75 Å². The first kappa shape index (κ1) is 11.8. The van der Waals surface area contributed by atoms with Crippen LogP contribution < -0.4 is 5.43 Å². The lowest BCUT2D eigenvalue weighted by molar-refractivity contribution is 0.0954. The van der Waals surface area contributed by atoms with E-state index in [1.807, 2.05) is 6.07 Å². The number of phenolic OH excluding ortho intramolecular Hbond substituents is 1. The number of hydrogen-bond donors (Lipinski definition) is 2. The summed E-state index contributed by atoms with van der Waals surface area (Å²) in [5.74, 6) is -0.352. The summed E-state index contributed by atoms with van der Waals surface area (Å²) < 4.78 is 0. The Balaban J connectivity index is 1.99. The molecule has 2 aromatic rings. The second-order valence-corrected chi connectivity index (χ2v) is 3.50. The maximum absolute atomic E-state index is 11.6. The van der Waals surface area contributed by atoms with Crippen molar-refractivity contribution in [2.24, 2.45) is 5.10 Å². The van der Waals surface area contributed by atoms with Crippen LogP contribution in [0.4, 0.5) is 0 Å². The van der Waals surface area contributed by atoms with Crippen LogP contribution in [0.2, 0.25) is 0 Å². The number of carbonyl (C=O) groups is 1. The molecule has 1 aromatic heterocycles. The van der Waals surface area contributed by atoms with Crippen molar-refractivity contribution in [1.29, 1.82) is 0 Å². The minimum absolute atomic E-state index is 0.0383. The molecule has 2 rings (SSSR count). The fourth-order valence-corrected chi connectivity index (χ4v) is 1.32. The summed E-state index contributed by atoms with van der Waals surface area (Å²) in [6.07, 6.45) is 3.08. The maximum Gasteiger partial charge on any atom is 0.271 e. The fourth-order valence-electron chi connectivity index (χ4n) is 1.32. The van der Waals surface area contributed by atoms with E-state index in [4.69, 9.17) is 0 Å². The van der Waals surface area contributed by atoms with E-state index < -0.39 is 5.91 Å². The summed E-state index contributed by atoms with van der Waals surface area (Å²) in [6.45, 7) is 0. The van der Waals surface area contributed by atoms with Crippen molar-refractivity contribution in [2.75, 3.05) is 0 Å². The molecule has 0 saturated carbocycles. The SMILES string of the molecule is O=C(N/N=C/c1ccccn1)c1cccc(O)c1. The predicted molar refractivity (Wildman–Crippen MR) is 67.4 cm³/mol. The van der Waals surface area contributed by atoms with Crippen molar-refractivity contribution in [2.45, 2.75) is 0 Å². The molecule has 0 aliphatic rings. The Hall–Kier alpha value is -2.69. The van der Waals surface area contributed by atoms with Crippen molar-refractivity contribution >= 4 is 12.1 Å². The van der Waals surface area contributed by atoms with Gasteiger partial charge >= 0.3 is 0 Å². The largest absolute Gasteiger partial charge is 0.508 e. The highest BCUT2D eigenvalue weighted by Crippen LogP contribution is 2.10. The molecule has 0 aliphatic carbocycles. The molecule has 1 heterocycles. The number of rotatable bonds is 3. The van der Waals surface area contributed by atoms with Gasteiger partial charge in [0.15, 0.2) is 0 Å². The van der Waals surface area contributed by atoms with Crippen LogP contribution >= 0.6 is 0 Å². The van der Waals surface area contributed by atoms with E-state index in [2.05, 4.69) is 15.5 Å². The second kappa shape index (κ2) is 5.58. The smallest absolute Gasteiger partial charge is 0.271 e.